The van der Waals surface area contributed by atoms with E-state index in [1.165, 1.54) is 11.3 Å². The molecule has 3 aromatic carbocycles. The molecule has 0 bridgehead atoms. The summed E-state index contributed by atoms with van der Waals surface area (Å²) in [5.74, 6) is 0. The number of hydrogen-bond donors (Lipinski definition) is 2. The van der Waals surface area contributed by atoms with Gasteiger partial charge in [0.25, 0.3) is 0 Å². The van der Waals surface area contributed by atoms with Crippen molar-refractivity contribution < 1.29 is 10.2 Å². The summed E-state index contributed by atoms with van der Waals surface area (Å²) in [5, 5.41) is 39.0. The second-order valence-corrected chi connectivity index (χ2v) is 9.21. The maximum atomic E-state index is 9.96. The number of thiophene rings is 1. The zero-order chi connectivity index (χ0) is 24.6. The molecule has 0 fully saturated rings. The highest BCUT2D eigenvalue weighted by Gasteiger charge is 2.14. The number of hydrogen-bond acceptors (Lipinski definition) is 8. The average Bonchev–Trinajstić information content (AvgIpc) is 3.29. The van der Waals surface area contributed by atoms with Gasteiger partial charge in [-0.3, -0.25) is 0 Å². The molecule has 0 spiro atoms. The van der Waals surface area contributed by atoms with Crippen LogP contribution in [0.25, 0.3) is 10.1 Å². The lowest BCUT2D eigenvalue weighted by Crippen LogP contribution is -2.24. The zero-order valence-corrected chi connectivity index (χ0v) is 20.7. The number of azo groups is 2. The summed E-state index contributed by atoms with van der Waals surface area (Å²) in [6.07, 6.45) is 0.397. The minimum absolute atomic E-state index is 0.341. The van der Waals surface area contributed by atoms with Crippen LogP contribution < -0.4 is 4.90 Å². The third kappa shape index (κ3) is 6.36. The molecule has 0 unspecified atom stereocenters. The lowest BCUT2D eigenvalue weighted by molar-refractivity contribution is -0.0419. The molecule has 0 radical (unpaired) electrons. The summed E-state index contributed by atoms with van der Waals surface area (Å²) in [5.41, 5.74) is 3.29. The molecule has 0 amide bonds. The summed E-state index contributed by atoms with van der Waals surface area (Å²) in [4.78, 5) is 2.24. The van der Waals surface area contributed by atoms with Gasteiger partial charge in [-0.25, -0.2) is 0 Å². The fourth-order valence-corrected chi connectivity index (χ4v) is 4.69. The van der Waals surface area contributed by atoms with Crippen molar-refractivity contribution >= 4 is 49.2 Å². The summed E-state index contributed by atoms with van der Waals surface area (Å²) in [7, 11) is 0. The van der Waals surface area contributed by atoms with Crippen LogP contribution in [0.1, 0.15) is 38.5 Å². The van der Waals surface area contributed by atoms with E-state index in [0.29, 0.717) is 11.3 Å². The second-order valence-electron chi connectivity index (χ2n) is 8.15. The predicted molar refractivity (Wildman–Crippen MR) is 143 cm³/mol. The number of rotatable bonds is 10. The van der Waals surface area contributed by atoms with Crippen molar-refractivity contribution in [1.82, 2.24) is 0 Å². The Morgan fingerprint density at radius 2 is 1.51 bits per heavy atom. The Labute approximate surface area is 209 Å². The molecule has 4 rings (SSSR count). The van der Waals surface area contributed by atoms with Gasteiger partial charge in [0, 0.05) is 29.0 Å². The first-order valence-corrected chi connectivity index (χ1v) is 12.6. The SMILES string of the molecule is CCCN(CCC)c1ccc(/N=N/c2cc3ccc(/N=N/c4ccccc4)cc3s2)c(C(O)O)c1. The van der Waals surface area contributed by atoms with Crippen molar-refractivity contribution in [1.29, 1.82) is 0 Å². The van der Waals surface area contributed by atoms with Crippen molar-refractivity contribution in [2.45, 2.75) is 33.0 Å². The van der Waals surface area contributed by atoms with Gasteiger partial charge in [0.2, 0.25) is 0 Å². The van der Waals surface area contributed by atoms with Gasteiger partial charge in [-0.1, -0.05) is 38.1 Å². The van der Waals surface area contributed by atoms with Gasteiger partial charge in [0.15, 0.2) is 6.29 Å². The van der Waals surface area contributed by atoms with E-state index in [9.17, 15) is 10.2 Å². The quantitative estimate of drug-likeness (QED) is 0.174. The Morgan fingerprint density at radius 3 is 2.23 bits per heavy atom. The van der Waals surface area contributed by atoms with Gasteiger partial charge >= 0.3 is 0 Å². The molecule has 1 aromatic heterocycles. The lowest BCUT2D eigenvalue weighted by atomic mass is 10.1. The molecule has 0 aliphatic heterocycles. The Bertz CT molecular complexity index is 1310. The molecule has 0 aliphatic carbocycles. The van der Waals surface area contributed by atoms with Crippen LogP contribution in [0, 0.1) is 0 Å². The number of fused-ring (bicyclic) bond motifs is 1. The molecule has 0 saturated heterocycles. The first kappa shape index (κ1) is 24.7. The molecule has 35 heavy (non-hydrogen) atoms. The van der Waals surface area contributed by atoms with Crippen molar-refractivity contribution in [3.05, 3.63) is 78.4 Å². The van der Waals surface area contributed by atoms with Gasteiger partial charge in [0.05, 0.1) is 17.1 Å². The van der Waals surface area contributed by atoms with Crippen molar-refractivity contribution in [3.63, 3.8) is 0 Å². The van der Waals surface area contributed by atoms with Crippen LogP contribution >= 0.6 is 11.3 Å². The van der Waals surface area contributed by atoms with Crippen LogP contribution in [0.5, 0.6) is 0 Å². The number of benzene rings is 3. The number of aliphatic hydroxyl groups excluding tert-OH is 1. The van der Waals surface area contributed by atoms with E-state index >= 15 is 0 Å². The van der Waals surface area contributed by atoms with E-state index in [0.717, 1.165) is 58.1 Å². The van der Waals surface area contributed by atoms with Crippen LogP contribution in [-0.4, -0.2) is 23.3 Å². The molecule has 0 saturated carbocycles. The van der Waals surface area contributed by atoms with Crippen LogP contribution in [0.2, 0.25) is 0 Å². The molecule has 0 aliphatic rings. The van der Waals surface area contributed by atoms with Crippen molar-refractivity contribution in [3.8, 4) is 0 Å². The maximum absolute atomic E-state index is 9.96. The van der Waals surface area contributed by atoms with Crippen LogP contribution in [0.3, 0.4) is 0 Å². The molecule has 7 nitrogen and oxygen atoms in total. The monoisotopic (exact) mass is 487 g/mol. The van der Waals surface area contributed by atoms with E-state index in [1.807, 2.05) is 60.7 Å². The van der Waals surface area contributed by atoms with Gasteiger partial charge in [-0.05, 0) is 66.8 Å². The first-order chi connectivity index (χ1) is 17.1. The largest absolute Gasteiger partial charge is 0.372 e. The lowest BCUT2D eigenvalue weighted by Gasteiger charge is -2.25. The smallest absolute Gasteiger partial charge is 0.180 e. The van der Waals surface area contributed by atoms with Crippen LogP contribution in [0.15, 0.2) is 93.3 Å². The van der Waals surface area contributed by atoms with E-state index in [2.05, 4.69) is 39.2 Å². The number of aliphatic hydroxyl groups is 2. The summed E-state index contributed by atoms with van der Waals surface area (Å²) in [6, 6.07) is 23.0. The molecule has 0 atom stereocenters. The van der Waals surface area contributed by atoms with E-state index in [-0.39, 0.29) is 0 Å². The average molecular weight is 488 g/mol. The topological polar surface area (TPSA) is 93.1 Å². The second kappa shape index (κ2) is 11.8. The van der Waals surface area contributed by atoms with Crippen molar-refractivity contribution in [2.24, 2.45) is 20.5 Å². The molecule has 180 valence electrons. The minimum atomic E-state index is -1.63. The van der Waals surface area contributed by atoms with Crippen LogP contribution in [0.4, 0.5) is 27.8 Å². The third-order valence-corrected chi connectivity index (χ3v) is 6.41. The molecule has 8 heteroatoms. The highest BCUT2D eigenvalue weighted by atomic mass is 32.1. The van der Waals surface area contributed by atoms with Gasteiger partial charge in [0.1, 0.15) is 5.00 Å². The minimum Gasteiger partial charge on any atom is -0.372 e. The highest BCUT2D eigenvalue weighted by molar-refractivity contribution is 7.22. The summed E-state index contributed by atoms with van der Waals surface area (Å²) < 4.78 is 1.02. The van der Waals surface area contributed by atoms with E-state index in [4.69, 9.17) is 0 Å². The molecular formula is C27H29N5O2S. The number of nitrogens with zero attached hydrogens (tertiary/aromatic N) is 5. The summed E-state index contributed by atoms with van der Waals surface area (Å²) >= 11 is 1.49. The molecule has 4 aromatic rings. The normalized spacial score (nSPS) is 11.9. The first-order valence-electron chi connectivity index (χ1n) is 11.7. The van der Waals surface area contributed by atoms with Crippen LogP contribution in [-0.2, 0) is 0 Å². The fourth-order valence-electron chi connectivity index (χ4n) is 3.78. The van der Waals surface area contributed by atoms with Gasteiger partial charge in [-0.15, -0.1) is 21.6 Å². The third-order valence-electron chi connectivity index (χ3n) is 5.43. The van der Waals surface area contributed by atoms with Crippen molar-refractivity contribution in [2.75, 3.05) is 18.0 Å². The molecular weight excluding hydrogens is 458 g/mol. The predicted octanol–water partition coefficient (Wildman–Crippen LogP) is 8.34. The Hall–Kier alpha value is -3.46. The summed E-state index contributed by atoms with van der Waals surface area (Å²) in [6.45, 7) is 6.08. The number of anilines is 1. The highest BCUT2D eigenvalue weighted by Crippen LogP contribution is 2.37. The Morgan fingerprint density at radius 1 is 0.771 bits per heavy atom. The van der Waals surface area contributed by atoms with E-state index in [1.54, 1.807) is 12.1 Å². The fraction of sp³-hybridized carbons (Fsp3) is 0.259. The zero-order valence-electron chi connectivity index (χ0n) is 19.9. The van der Waals surface area contributed by atoms with Gasteiger partial charge in [-0.2, -0.15) is 10.2 Å². The van der Waals surface area contributed by atoms with E-state index < -0.39 is 6.29 Å². The maximum Gasteiger partial charge on any atom is 0.180 e. The van der Waals surface area contributed by atoms with Gasteiger partial charge < -0.3 is 15.1 Å². The molecule has 1 heterocycles. The Balaban J connectivity index is 1.56. The molecule has 2 N–H and O–H groups in total. The standard InChI is InChI=1S/C27H29N5O2S/c1-3-14-32(15-4-2)22-12-13-24(23(18-22)27(33)34)30-31-26-16-19-10-11-21(17-25(19)35-26)29-28-20-8-6-5-7-9-20/h5-13,16-18,27,33-34H,3-4,14-15H2,1-2H3/b29-28+,31-30+. The Kier molecular flexibility index (Phi) is 8.31.